The van der Waals surface area contributed by atoms with Gasteiger partial charge in [-0.05, 0) is 93.0 Å². The molecule has 1 aliphatic carbocycles. The van der Waals surface area contributed by atoms with E-state index in [0.717, 1.165) is 45.8 Å². The Morgan fingerprint density at radius 2 is 1.26 bits per heavy atom. The first-order chi connectivity index (χ1) is 26.7. The van der Waals surface area contributed by atoms with Gasteiger partial charge in [0.2, 0.25) is 0 Å². The lowest BCUT2D eigenvalue weighted by Gasteiger charge is -2.31. The van der Waals surface area contributed by atoms with Crippen molar-refractivity contribution in [2.45, 2.75) is 12.3 Å². The largest absolute Gasteiger partial charge is 0.460 e. The summed E-state index contributed by atoms with van der Waals surface area (Å²) in [6, 6.07) is 58.9. The molecule has 1 aliphatic rings. The van der Waals surface area contributed by atoms with Crippen molar-refractivity contribution in [3.05, 3.63) is 223 Å². The maximum absolute atomic E-state index is 6.83. The van der Waals surface area contributed by atoms with Crippen LogP contribution < -0.4 is 4.90 Å². The Hall–Kier alpha value is -6.90. The van der Waals surface area contributed by atoms with Crippen LogP contribution in [-0.4, -0.2) is 0 Å². The first kappa shape index (κ1) is 33.0. The van der Waals surface area contributed by atoms with E-state index in [1.54, 1.807) is 6.08 Å². The highest BCUT2D eigenvalue weighted by atomic mass is 16.3. The Labute approximate surface area is 317 Å². The number of nitrogens with zero attached hydrogens (tertiary/aromatic N) is 1. The zero-order valence-corrected chi connectivity index (χ0v) is 30.0. The lowest BCUT2D eigenvalue weighted by molar-refractivity contribution is 0.517. The molecule has 1 atom stereocenters. The summed E-state index contributed by atoms with van der Waals surface area (Å²) in [6.07, 6.45) is 15.3. The minimum Gasteiger partial charge on any atom is -0.460 e. The van der Waals surface area contributed by atoms with Crippen LogP contribution in [0, 0.1) is 0 Å². The van der Waals surface area contributed by atoms with Crippen molar-refractivity contribution in [3.8, 4) is 22.3 Å². The molecule has 0 spiro atoms. The highest BCUT2D eigenvalue weighted by Crippen LogP contribution is 2.48. The topological polar surface area (TPSA) is 16.4 Å². The smallest absolute Gasteiger partial charge is 0.135 e. The van der Waals surface area contributed by atoms with Gasteiger partial charge < -0.3 is 9.32 Å². The van der Waals surface area contributed by atoms with Gasteiger partial charge in [-0.2, -0.15) is 0 Å². The molecule has 0 N–H and O–H groups in total. The summed E-state index contributed by atoms with van der Waals surface area (Å²) in [4.78, 5) is 2.41. The van der Waals surface area contributed by atoms with Crippen LogP contribution >= 0.6 is 0 Å². The standard InChI is InChI=1S/C52H39NO/c1-2-3-4-7-17-37-28-30-42(31-29-37)53(43-32-33-44(38-18-8-5-9-19-38)48(36-43)39-20-10-6-11-21-39)50-27-15-14-24-45(50)46-25-16-26-47-49-34-40-22-12-13-23-41(40)35-51(49)54-52(46)47/h2-24,26-36,46H,1,25H2/b4-3-,17-7+. The number of furan rings is 1. The number of allylic oxidation sites excluding steroid dienone is 5. The summed E-state index contributed by atoms with van der Waals surface area (Å²) in [6.45, 7) is 3.78. The molecular weight excluding hydrogens is 655 g/mol. The van der Waals surface area contributed by atoms with Crippen LogP contribution in [0.1, 0.15) is 34.8 Å². The molecule has 8 aromatic rings. The molecule has 1 heterocycles. The van der Waals surface area contributed by atoms with Gasteiger partial charge in [-0.15, -0.1) is 0 Å². The third kappa shape index (κ3) is 6.29. The third-order valence-electron chi connectivity index (χ3n) is 10.4. The van der Waals surface area contributed by atoms with E-state index in [1.165, 1.54) is 44.2 Å². The van der Waals surface area contributed by atoms with Gasteiger partial charge in [0.05, 0.1) is 5.69 Å². The maximum atomic E-state index is 6.83. The zero-order chi connectivity index (χ0) is 36.3. The zero-order valence-electron chi connectivity index (χ0n) is 30.0. The van der Waals surface area contributed by atoms with E-state index >= 15 is 0 Å². The van der Waals surface area contributed by atoms with Crippen molar-refractivity contribution >= 4 is 51.0 Å². The molecule has 7 aromatic carbocycles. The molecule has 0 saturated carbocycles. The molecule has 54 heavy (non-hydrogen) atoms. The van der Waals surface area contributed by atoms with Crippen molar-refractivity contribution in [3.63, 3.8) is 0 Å². The lowest BCUT2D eigenvalue weighted by atomic mass is 9.85. The normalized spacial score (nSPS) is 13.9. The predicted octanol–water partition coefficient (Wildman–Crippen LogP) is 14.7. The monoisotopic (exact) mass is 693 g/mol. The number of benzene rings is 7. The number of rotatable bonds is 9. The molecule has 1 aromatic heterocycles. The highest BCUT2D eigenvalue weighted by molar-refractivity contribution is 6.01. The van der Waals surface area contributed by atoms with Crippen LogP contribution in [-0.2, 0) is 0 Å². The average molecular weight is 694 g/mol. The Balaban J connectivity index is 1.22. The van der Waals surface area contributed by atoms with Gasteiger partial charge in [0, 0.05) is 28.2 Å². The Morgan fingerprint density at radius 1 is 0.593 bits per heavy atom. The summed E-state index contributed by atoms with van der Waals surface area (Å²) >= 11 is 0. The molecule has 0 fully saturated rings. The number of hydrogen-bond acceptors (Lipinski definition) is 2. The van der Waals surface area contributed by atoms with Crippen LogP contribution in [0.15, 0.2) is 205 Å². The van der Waals surface area contributed by atoms with Gasteiger partial charge in [-0.1, -0.05) is 170 Å². The summed E-state index contributed by atoms with van der Waals surface area (Å²) in [5.74, 6) is 1.06. The maximum Gasteiger partial charge on any atom is 0.135 e. The van der Waals surface area contributed by atoms with E-state index in [1.807, 2.05) is 18.2 Å². The van der Waals surface area contributed by atoms with E-state index < -0.39 is 0 Å². The second-order valence-corrected chi connectivity index (χ2v) is 13.7. The molecule has 1 unspecified atom stereocenters. The molecule has 0 saturated heterocycles. The second-order valence-electron chi connectivity index (χ2n) is 13.7. The second kappa shape index (κ2) is 14.6. The van der Waals surface area contributed by atoms with Crippen LogP contribution in [0.5, 0.6) is 0 Å². The Kier molecular flexibility index (Phi) is 8.92. The minimum absolute atomic E-state index is 0.0373. The number of anilines is 3. The number of para-hydroxylation sites is 1. The van der Waals surface area contributed by atoms with Gasteiger partial charge >= 0.3 is 0 Å². The van der Waals surface area contributed by atoms with Gasteiger partial charge in [-0.25, -0.2) is 0 Å². The number of fused-ring (bicyclic) bond motifs is 4. The molecule has 0 bridgehead atoms. The van der Waals surface area contributed by atoms with Crippen molar-refractivity contribution in [1.29, 1.82) is 0 Å². The van der Waals surface area contributed by atoms with Crippen molar-refractivity contribution < 1.29 is 4.42 Å². The SMILES string of the molecule is C=C/C=C\C=C\c1ccc(N(c2ccc(-c3ccccc3)c(-c3ccccc3)c2)c2ccccc2C2CC=Cc3c2oc2cc4ccccc4cc32)cc1. The minimum atomic E-state index is 0.0373. The van der Waals surface area contributed by atoms with Gasteiger partial charge in [-0.3, -0.25) is 0 Å². The first-order valence-corrected chi connectivity index (χ1v) is 18.6. The molecule has 0 aliphatic heterocycles. The third-order valence-corrected chi connectivity index (χ3v) is 10.4. The fourth-order valence-corrected chi connectivity index (χ4v) is 7.80. The molecule has 9 rings (SSSR count). The molecular formula is C52H39NO. The predicted molar refractivity (Wildman–Crippen MR) is 230 cm³/mol. The first-order valence-electron chi connectivity index (χ1n) is 18.6. The van der Waals surface area contributed by atoms with Gasteiger partial charge in [0.1, 0.15) is 11.3 Å². The van der Waals surface area contributed by atoms with Gasteiger partial charge in [0.25, 0.3) is 0 Å². The summed E-state index contributed by atoms with van der Waals surface area (Å²) in [7, 11) is 0. The summed E-state index contributed by atoms with van der Waals surface area (Å²) in [5.41, 5.74) is 12.5. The average Bonchev–Trinajstić information content (AvgIpc) is 3.60. The Morgan fingerprint density at radius 3 is 2.02 bits per heavy atom. The van der Waals surface area contributed by atoms with Crippen LogP contribution in [0.2, 0.25) is 0 Å². The van der Waals surface area contributed by atoms with Gasteiger partial charge in [0.15, 0.2) is 0 Å². The van der Waals surface area contributed by atoms with Crippen LogP contribution in [0.3, 0.4) is 0 Å². The van der Waals surface area contributed by atoms with Crippen molar-refractivity contribution in [2.24, 2.45) is 0 Å². The Bertz CT molecular complexity index is 2690. The van der Waals surface area contributed by atoms with E-state index in [9.17, 15) is 0 Å². The van der Waals surface area contributed by atoms with Crippen LogP contribution in [0.4, 0.5) is 17.1 Å². The van der Waals surface area contributed by atoms with Crippen molar-refractivity contribution in [1.82, 2.24) is 0 Å². The summed E-state index contributed by atoms with van der Waals surface area (Å²) in [5, 5.41) is 3.57. The molecule has 258 valence electrons. The lowest BCUT2D eigenvalue weighted by Crippen LogP contribution is -2.15. The molecule has 0 radical (unpaired) electrons. The fourth-order valence-electron chi connectivity index (χ4n) is 7.80. The molecule has 2 nitrogen and oxygen atoms in total. The van der Waals surface area contributed by atoms with E-state index in [4.69, 9.17) is 4.42 Å². The van der Waals surface area contributed by atoms with E-state index in [0.29, 0.717) is 0 Å². The summed E-state index contributed by atoms with van der Waals surface area (Å²) < 4.78 is 6.83. The number of hydrogen-bond donors (Lipinski definition) is 0. The van der Waals surface area contributed by atoms with Crippen LogP contribution in [0.25, 0.3) is 56.1 Å². The molecule has 0 amide bonds. The van der Waals surface area contributed by atoms with Crippen molar-refractivity contribution in [2.75, 3.05) is 4.90 Å². The van der Waals surface area contributed by atoms with E-state index in [-0.39, 0.29) is 5.92 Å². The molecule has 2 heteroatoms. The fraction of sp³-hybridized carbons (Fsp3) is 0.0385. The van der Waals surface area contributed by atoms with E-state index in [2.05, 4.69) is 193 Å². The quantitative estimate of drug-likeness (QED) is 0.140. The highest BCUT2D eigenvalue weighted by Gasteiger charge is 2.29.